The van der Waals surface area contributed by atoms with Gasteiger partial charge in [0.2, 0.25) is 0 Å². The molecule has 1 N–H and O–H groups in total. The summed E-state index contributed by atoms with van der Waals surface area (Å²) in [6.07, 6.45) is 3.87. The SMILES string of the molecule is Cc1ccc(Br)c(CC2CCNCC2)c1. The lowest BCUT2D eigenvalue weighted by molar-refractivity contribution is 0.372. The van der Waals surface area contributed by atoms with Gasteiger partial charge in [0.1, 0.15) is 0 Å². The molecule has 0 saturated carbocycles. The predicted octanol–water partition coefficient (Wildman–Crippen LogP) is 3.30. The summed E-state index contributed by atoms with van der Waals surface area (Å²) in [6, 6.07) is 6.65. The van der Waals surface area contributed by atoms with Gasteiger partial charge in [0.05, 0.1) is 0 Å². The average molecular weight is 268 g/mol. The van der Waals surface area contributed by atoms with Crippen LogP contribution in [0, 0.1) is 12.8 Å². The van der Waals surface area contributed by atoms with Crippen molar-refractivity contribution in [2.75, 3.05) is 13.1 Å². The van der Waals surface area contributed by atoms with Crippen LogP contribution in [0.4, 0.5) is 0 Å². The number of benzene rings is 1. The van der Waals surface area contributed by atoms with E-state index >= 15 is 0 Å². The first-order chi connectivity index (χ1) is 7.25. The van der Waals surface area contributed by atoms with E-state index in [9.17, 15) is 0 Å². The van der Waals surface area contributed by atoms with E-state index < -0.39 is 0 Å². The molecule has 1 aliphatic heterocycles. The summed E-state index contributed by atoms with van der Waals surface area (Å²) >= 11 is 3.64. The Morgan fingerprint density at radius 3 is 2.80 bits per heavy atom. The molecule has 0 amide bonds. The molecular weight excluding hydrogens is 250 g/mol. The highest BCUT2D eigenvalue weighted by molar-refractivity contribution is 9.10. The molecule has 0 atom stereocenters. The van der Waals surface area contributed by atoms with E-state index in [1.807, 2.05) is 0 Å². The number of aryl methyl sites for hydroxylation is 1. The van der Waals surface area contributed by atoms with Crippen molar-refractivity contribution in [1.29, 1.82) is 0 Å². The number of rotatable bonds is 2. The number of halogens is 1. The monoisotopic (exact) mass is 267 g/mol. The summed E-state index contributed by atoms with van der Waals surface area (Å²) in [4.78, 5) is 0. The van der Waals surface area contributed by atoms with Crippen molar-refractivity contribution in [1.82, 2.24) is 5.32 Å². The molecule has 82 valence electrons. The molecule has 1 fully saturated rings. The summed E-state index contributed by atoms with van der Waals surface area (Å²) in [5.41, 5.74) is 2.84. The van der Waals surface area contributed by atoms with Gasteiger partial charge in [-0.2, -0.15) is 0 Å². The molecule has 1 nitrogen and oxygen atoms in total. The lowest BCUT2D eigenvalue weighted by Crippen LogP contribution is -2.28. The first-order valence-corrected chi connectivity index (χ1v) is 6.51. The van der Waals surface area contributed by atoms with Crippen LogP contribution in [-0.4, -0.2) is 13.1 Å². The molecule has 1 saturated heterocycles. The zero-order valence-electron chi connectivity index (χ0n) is 9.22. The van der Waals surface area contributed by atoms with Gasteiger partial charge in [-0.05, 0) is 56.8 Å². The lowest BCUT2D eigenvalue weighted by atomic mass is 9.90. The zero-order chi connectivity index (χ0) is 10.7. The largest absolute Gasteiger partial charge is 0.317 e. The normalized spacial score (nSPS) is 18.0. The van der Waals surface area contributed by atoms with Crippen LogP contribution in [0.15, 0.2) is 22.7 Å². The second-order valence-corrected chi connectivity index (χ2v) is 5.35. The molecule has 0 aromatic heterocycles. The van der Waals surface area contributed by atoms with Crippen LogP contribution in [0.25, 0.3) is 0 Å². The van der Waals surface area contributed by atoms with Gasteiger partial charge in [-0.25, -0.2) is 0 Å². The van der Waals surface area contributed by atoms with Crippen molar-refractivity contribution in [2.24, 2.45) is 5.92 Å². The first-order valence-electron chi connectivity index (χ1n) is 5.71. The van der Waals surface area contributed by atoms with Crippen LogP contribution in [0.2, 0.25) is 0 Å². The molecule has 0 spiro atoms. The summed E-state index contributed by atoms with van der Waals surface area (Å²) in [7, 11) is 0. The molecule has 0 bridgehead atoms. The summed E-state index contributed by atoms with van der Waals surface area (Å²) in [5.74, 6) is 0.865. The fourth-order valence-electron chi connectivity index (χ4n) is 2.26. The van der Waals surface area contributed by atoms with E-state index in [1.165, 1.54) is 48.0 Å². The molecule has 1 heterocycles. The van der Waals surface area contributed by atoms with E-state index in [-0.39, 0.29) is 0 Å². The Balaban J connectivity index is 2.05. The van der Waals surface area contributed by atoms with E-state index in [0.29, 0.717) is 0 Å². The van der Waals surface area contributed by atoms with Crippen LogP contribution < -0.4 is 5.32 Å². The van der Waals surface area contributed by atoms with Crippen LogP contribution in [0.3, 0.4) is 0 Å². The number of hydrogen-bond acceptors (Lipinski definition) is 1. The minimum Gasteiger partial charge on any atom is -0.317 e. The topological polar surface area (TPSA) is 12.0 Å². The molecule has 0 radical (unpaired) electrons. The fourth-order valence-corrected chi connectivity index (χ4v) is 2.67. The zero-order valence-corrected chi connectivity index (χ0v) is 10.8. The van der Waals surface area contributed by atoms with Gasteiger partial charge in [-0.1, -0.05) is 33.6 Å². The highest BCUT2D eigenvalue weighted by atomic mass is 79.9. The molecule has 15 heavy (non-hydrogen) atoms. The Bertz CT molecular complexity index is 329. The third-order valence-corrected chi connectivity index (χ3v) is 3.94. The van der Waals surface area contributed by atoms with E-state index in [4.69, 9.17) is 0 Å². The van der Waals surface area contributed by atoms with Crippen LogP contribution in [-0.2, 0) is 6.42 Å². The first kappa shape index (κ1) is 11.2. The maximum Gasteiger partial charge on any atom is 0.0207 e. The third-order valence-electron chi connectivity index (χ3n) is 3.17. The molecule has 0 aliphatic carbocycles. The highest BCUT2D eigenvalue weighted by Crippen LogP contribution is 2.24. The van der Waals surface area contributed by atoms with Gasteiger partial charge in [-0.15, -0.1) is 0 Å². The molecule has 0 unspecified atom stereocenters. The summed E-state index contributed by atoms with van der Waals surface area (Å²) in [5, 5.41) is 3.41. The molecule has 1 aliphatic rings. The maximum absolute atomic E-state index is 3.64. The Kier molecular flexibility index (Phi) is 3.81. The minimum atomic E-state index is 0.865. The standard InChI is InChI=1S/C13H18BrN/c1-10-2-3-13(14)12(8-10)9-11-4-6-15-7-5-11/h2-3,8,11,15H,4-7,9H2,1H3. The van der Waals surface area contributed by atoms with Crippen LogP contribution >= 0.6 is 15.9 Å². The van der Waals surface area contributed by atoms with Gasteiger partial charge in [0.15, 0.2) is 0 Å². The van der Waals surface area contributed by atoms with Crippen molar-refractivity contribution >= 4 is 15.9 Å². The van der Waals surface area contributed by atoms with Gasteiger partial charge in [0, 0.05) is 4.47 Å². The number of piperidine rings is 1. The second kappa shape index (κ2) is 5.13. The Labute approximate surface area is 100 Å². The van der Waals surface area contributed by atoms with Crippen molar-refractivity contribution in [3.63, 3.8) is 0 Å². The summed E-state index contributed by atoms with van der Waals surface area (Å²) < 4.78 is 1.27. The second-order valence-electron chi connectivity index (χ2n) is 4.49. The number of nitrogens with one attached hydrogen (secondary N) is 1. The van der Waals surface area contributed by atoms with Crippen molar-refractivity contribution < 1.29 is 0 Å². The van der Waals surface area contributed by atoms with E-state index in [0.717, 1.165) is 5.92 Å². The van der Waals surface area contributed by atoms with Gasteiger partial charge >= 0.3 is 0 Å². The van der Waals surface area contributed by atoms with Gasteiger partial charge < -0.3 is 5.32 Å². The van der Waals surface area contributed by atoms with Crippen molar-refractivity contribution in [3.05, 3.63) is 33.8 Å². The predicted molar refractivity (Wildman–Crippen MR) is 68.2 cm³/mol. The highest BCUT2D eigenvalue weighted by Gasteiger charge is 2.14. The van der Waals surface area contributed by atoms with Gasteiger partial charge in [0.25, 0.3) is 0 Å². The molecule has 1 aromatic carbocycles. The molecule has 2 rings (SSSR count). The molecular formula is C13H18BrN. The van der Waals surface area contributed by atoms with E-state index in [1.54, 1.807) is 0 Å². The number of hydrogen-bond donors (Lipinski definition) is 1. The Hall–Kier alpha value is -0.340. The van der Waals surface area contributed by atoms with Crippen molar-refractivity contribution in [2.45, 2.75) is 26.2 Å². The fraction of sp³-hybridized carbons (Fsp3) is 0.538. The van der Waals surface area contributed by atoms with Crippen molar-refractivity contribution in [3.8, 4) is 0 Å². The average Bonchev–Trinajstić information content (AvgIpc) is 2.25. The minimum absolute atomic E-state index is 0.865. The third kappa shape index (κ3) is 3.05. The van der Waals surface area contributed by atoms with Crippen LogP contribution in [0.1, 0.15) is 24.0 Å². The smallest absolute Gasteiger partial charge is 0.0207 e. The Morgan fingerprint density at radius 2 is 2.07 bits per heavy atom. The van der Waals surface area contributed by atoms with Gasteiger partial charge in [-0.3, -0.25) is 0 Å². The Morgan fingerprint density at radius 1 is 1.33 bits per heavy atom. The molecule has 1 aromatic rings. The maximum atomic E-state index is 3.64. The molecule has 2 heteroatoms. The lowest BCUT2D eigenvalue weighted by Gasteiger charge is -2.23. The quantitative estimate of drug-likeness (QED) is 0.867. The summed E-state index contributed by atoms with van der Waals surface area (Å²) in [6.45, 7) is 4.54. The van der Waals surface area contributed by atoms with Crippen LogP contribution in [0.5, 0.6) is 0 Å². The van der Waals surface area contributed by atoms with E-state index in [2.05, 4.69) is 46.4 Å².